The highest BCUT2D eigenvalue weighted by Crippen LogP contribution is 2.38. The molecule has 2 atom stereocenters. The Hall–Kier alpha value is -1.07. The summed E-state index contributed by atoms with van der Waals surface area (Å²) in [7, 11) is -3.41. The molecule has 116 valence electrons. The first-order valence-corrected chi connectivity index (χ1v) is 9.29. The molecule has 0 aromatic heterocycles. The van der Waals surface area contributed by atoms with E-state index in [2.05, 4.69) is 0 Å². The molecule has 4 nitrogen and oxygen atoms in total. The summed E-state index contributed by atoms with van der Waals surface area (Å²) in [6.45, 7) is 3.12. The minimum absolute atomic E-state index is 0.372. The van der Waals surface area contributed by atoms with Crippen molar-refractivity contribution in [1.82, 2.24) is 4.31 Å². The Labute approximate surface area is 127 Å². The smallest absolute Gasteiger partial charge is 0.243 e. The molecular weight excluding hydrogens is 284 g/mol. The highest BCUT2D eigenvalue weighted by Gasteiger charge is 2.37. The summed E-state index contributed by atoms with van der Waals surface area (Å²) >= 11 is 0. The van der Waals surface area contributed by atoms with E-state index in [-0.39, 0.29) is 0 Å². The Kier molecular flexibility index (Phi) is 3.97. The first-order valence-electron chi connectivity index (χ1n) is 7.85. The SMILES string of the molecule is Cc1c(N)cccc1S(=O)(=O)N1CCC2CCCCC2C1. The highest BCUT2D eigenvalue weighted by atomic mass is 32.2. The van der Waals surface area contributed by atoms with Crippen LogP contribution in [0.4, 0.5) is 5.69 Å². The zero-order valence-corrected chi connectivity index (χ0v) is 13.4. The van der Waals surface area contributed by atoms with Gasteiger partial charge in [0.25, 0.3) is 0 Å². The number of hydrogen-bond donors (Lipinski definition) is 1. The predicted molar refractivity (Wildman–Crippen MR) is 84.4 cm³/mol. The molecule has 21 heavy (non-hydrogen) atoms. The van der Waals surface area contributed by atoms with Crippen LogP contribution in [0.1, 0.15) is 37.7 Å². The molecule has 3 rings (SSSR count). The van der Waals surface area contributed by atoms with Crippen LogP contribution in [0.25, 0.3) is 0 Å². The van der Waals surface area contributed by atoms with Gasteiger partial charge in [0.05, 0.1) is 4.90 Å². The van der Waals surface area contributed by atoms with Crippen LogP contribution in [-0.4, -0.2) is 25.8 Å². The highest BCUT2D eigenvalue weighted by molar-refractivity contribution is 7.89. The maximum Gasteiger partial charge on any atom is 0.243 e. The fourth-order valence-corrected chi connectivity index (χ4v) is 5.60. The average molecular weight is 308 g/mol. The van der Waals surface area contributed by atoms with Gasteiger partial charge in [-0.25, -0.2) is 8.42 Å². The first kappa shape index (κ1) is 14.9. The molecule has 1 heterocycles. The Morgan fingerprint density at radius 2 is 1.86 bits per heavy atom. The van der Waals surface area contributed by atoms with Crippen molar-refractivity contribution in [2.45, 2.75) is 43.9 Å². The zero-order chi connectivity index (χ0) is 15.0. The van der Waals surface area contributed by atoms with Crippen molar-refractivity contribution < 1.29 is 8.42 Å². The van der Waals surface area contributed by atoms with Gasteiger partial charge in [0.1, 0.15) is 0 Å². The maximum absolute atomic E-state index is 12.9. The van der Waals surface area contributed by atoms with Gasteiger partial charge >= 0.3 is 0 Å². The second kappa shape index (κ2) is 5.61. The molecule has 0 spiro atoms. The molecule has 1 aliphatic carbocycles. The number of piperidine rings is 1. The number of sulfonamides is 1. The van der Waals surface area contributed by atoms with E-state index in [1.807, 2.05) is 0 Å². The Bertz CT molecular complexity index is 627. The van der Waals surface area contributed by atoms with E-state index < -0.39 is 10.0 Å². The molecule has 2 N–H and O–H groups in total. The minimum Gasteiger partial charge on any atom is -0.398 e. The summed E-state index contributed by atoms with van der Waals surface area (Å²) in [6.07, 6.45) is 6.00. The van der Waals surface area contributed by atoms with Gasteiger partial charge in [0, 0.05) is 18.8 Å². The molecule has 1 saturated heterocycles. The van der Waals surface area contributed by atoms with Gasteiger partial charge in [-0.05, 0) is 49.3 Å². The molecule has 0 radical (unpaired) electrons. The fourth-order valence-electron chi connectivity index (χ4n) is 3.84. The van der Waals surface area contributed by atoms with Gasteiger partial charge in [-0.2, -0.15) is 4.31 Å². The molecule has 0 bridgehead atoms. The van der Waals surface area contributed by atoms with Crippen molar-refractivity contribution in [2.24, 2.45) is 11.8 Å². The lowest BCUT2D eigenvalue weighted by atomic mass is 9.76. The van der Waals surface area contributed by atoms with Crippen LogP contribution in [0.2, 0.25) is 0 Å². The molecule has 1 aromatic carbocycles. The van der Waals surface area contributed by atoms with E-state index in [0.717, 1.165) is 12.3 Å². The molecular formula is C16H24N2O2S. The average Bonchev–Trinajstić information content (AvgIpc) is 2.49. The van der Waals surface area contributed by atoms with Crippen LogP contribution in [0.15, 0.2) is 23.1 Å². The Balaban J connectivity index is 1.87. The topological polar surface area (TPSA) is 63.4 Å². The van der Waals surface area contributed by atoms with E-state index in [1.165, 1.54) is 25.7 Å². The normalized spacial score (nSPS) is 27.3. The zero-order valence-electron chi connectivity index (χ0n) is 12.6. The molecule has 1 saturated carbocycles. The molecule has 2 unspecified atom stereocenters. The monoisotopic (exact) mass is 308 g/mol. The third-order valence-electron chi connectivity index (χ3n) is 5.20. The largest absolute Gasteiger partial charge is 0.398 e. The predicted octanol–water partition coefficient (Wildman–Crippen LogP) is 2.78. The van der Waals surface area contributed by atoms with Crippen molar-refractivity contribution in [2.75, 3.05) is 18.8 Å². The van der Waals surface area contributed by atoms with Gasteiger partial charge in [-0.15, -0.1) is 0 Å². The van der Waals surface area contributed by atoms with Gasteiger partial charge < -0.3 is 5.73 Å². The number of nitrogens with two attached hydrogens (primary N) is 1. The molecule has 2 fully saturated rings. The third-order valence-corrected chi connectivity index (χ3v) is 7.21. The van der Waals surface area contributed by atoms with E-state index >= 15 is 0 Å². The Morgan fingerprint density at radius 1 is 1.14 bits per heavy atom. The first-order chi connectivity index (χ1) is 10.00. The maximum atomic E-state index is 12.9. The fraction of sp³-hybridized carbons (Fsp3) is 0.625. The van der Waals surface area contributed by atoms with Crippen LogP contribution in [-0.2, 0) is 10.0 Å². The second-order valence-electron chi connectivity index (χ2n) is 6.43. The number of nitrogen functional groups attached to an aromatic ring is 1. The van der Waals surface area contributed by atoms with Gasteiger partial charge in [-0.3, -0.25) is 0 Å². The molecule has 5 heteroatoms. The van der Waals surface area contributed by atoms with Crippen LogP contribution < -0.4 is 5.73 Å². The van der Waals surface area contributed by atoms with Gasteiger partial charge in [-0.1, -0.05) is 25.3 Å². The summed E-state index contributed by atoms with van der Waals surface area (Å²) in [6, 6.07) is 5.15. The minimum atomic E-state index is -3.41. The summed E-state index contributed by atoms with van der Waals surface area (Å²) < 4.78 is 27.5. The molecule has 1 aliphatic heterocycles. The third kappa shape index (κ3) is 2.69. The standard InChI is InChI=1S/C16H24N2O2S/c1-12-15(17)7-4-8-16(12)21(19,20)18-10-9-13-5-2-3-6-14(13)11-18/h4,7-8,13-14H,2-3,5-6,9-11,17H2,1H3. The van der Waals surface area contributed by atoms with Crippen LogP contribution in [0.3, 0.4) is 0 Å². The number of hydrogen-bond acceptors (Lipinski definition) is 3. The summed E-state index contributed by atoms with van der Waals surface area (Å²) in [5.41, 5.74) is 7.08. The quantitative estimate of drug-likeness (QED) is 0.855. The molecule has 0 amide bonds. The van der Waals surface area contributed by atoms with Crippen molar-refractivity contribution in [3.8, 4) is 0 Å². The van der Waals surface area contributed by atoms with E-state index in [0.29, 0.717) is 35.2 Å². The second-order valence-corrected chi connectivity index (χ2v) is 8.33. The van der Waals surface area contributed by atoms with Gasteiger partial charge in [0.2, 0.25) is 10.0 Å². The van der Waals surface area contributed by atoms with E-state index in [9.17, 15) is 8.42 Å². The van der Waals surface area contributed by atoms with Crippen LogP contribution in [0, 0.1) is 18.8 Å². The van der Waals surface area contributed by atoms with Crippen molar-refractivity contribution in [3.05, 3.63) is 23.8 Å². The van der Waals surface area contributed by atoms with Crippen molar-refractivity contribution in [1.29, 1.82) is 0 Å². The Morgan fingerprint density at radius 3 is 2.62 bits per heavy atom. The van der Waals surface area contributed by atoms with Gasteiger partial charge in [0.15, 0.2) is 0 Å². The summed E-state index contributed by atoms with van der Waals surface area (Å²) in [5, 5.41) is 0. The number of fused-ring (bicyclic) bond motifs is 1. The van der Waals surface area contributed by atoms with Crippen LogP contribution in [0.5, 0.6) is 0 Å². The summed E-state index contributed by atoms with van der Waals surface area (Å²) in [5.74, 6) is 1.27. The van der Waals surface area contributed by atoms with Crippen LogP contribution >= 0.6 is 0 Å². The number of benzene rings is 1. The van der Waals surface area contributed by atoms with Crippen molar-refractivity contribution >= 4 is 15.7 Å². The molecule has 2 aliphatic rings. The lowest BCUT2D eigenvalue weighted by molar-refractivity contribution is 0.136. The lowest BCUT2D eigenvalue weighted by Crippen LogP contribution is -2.44. The number of nitrogens with zero attached hydrogens (tertiary/aromatic N) is 1. The number of rotatable bonds is 2. The lowest BCUT2D eigenvalue weighted by Gasteiger charge is -2.40. The van der Waals surface area contributed by atoms with E-state index in [1.54, 1.807) is 29.4 Å². The van der Waals surface area contributed by atoms with E-state index in [4.69, 9.17) is 5.73 Å². The molecule has 1 aromatic rings. The van der Waals surface area contributed by atoms with Crippen molar-refractivity contribution in [3.63, 3.8) is 0 Å². The number of anilines is 1. The summed E-state index contributed by atoms with van der Waals surface area (Å²) in [4.78, 5) is 0.372.